The molecular formula is C21H26BrN6O6P. The van der Waals surface area contributed by atoms with Gasteiger partial charge in [-0.25, -0.2) is 9.55 Å². The van der Waals surface area contributed by atoms with Crippen LogP contribution in [-0.4, -0.2) is 52.4 Å². The minimum Gasteiger partial charge on any atom is -0.479 e. The molecule has 1 aliphatic rings. The van der Waals surface area contributed by atoms with Crippen molar-refractivity contribution < 1.29 is 27.9 Å². The van der Waals surface area contributed by atoms with Crippen LogP contribution in [0.3, 0.4) is 0 Å². The van der Waals surface area contributed by atoms with Crippen molar-refractivity contribution in [3.63, 3.8) is 0 Å². The molecule has 1 aromatic carbocycles. The number of methoxy groups -OCH3 is 2. The van der Waals surface area contributed by atoms with Gasteiger partial charge in [-0.05, 0) is 53.7 Å². The molecule has 14 heteroatoms. The number of nitrogen functional groups attached to an aromatic ring is 1. The summed E-state index contributed by atoms with van der Waals surface area (Å²) < 4.78 is 37.6. The summed E-state index contributed by atoms with van der Waals surface area (Å²) in [4.78, 5) is 24.6. The van der Waals surface area contributed by atoms with E-state index in [1.54, 1.807) is 30.6 Å². The summed E-state index contributed by atoms with van der Waals surface area (Å²) in [6, 6.07) is 6.15. The molecule has 1 unspecified atom stereocenters. The molecule has 2 atom stereocenters. The van der Waals surface area contributed by atoms with Gasteiger partial charge in [0.2, 0.25) is 11.8 Å². The monoisotopic (exact) mass is 568 g/mol. The van der Waals surface area contributed by atoms with Gasteiger partial charge in [0, 0.05) is 6.04 Å². The third-order valence-corrected chi connectivity index (χ3v) is 7.93. The first-order chi connectivity index (χ1) is 16.7. The molecule has 3 N–H and O–H groups in total. The summed E-state index contributed by atoms with van der Waals surface area (Å²) in [5, 5.41) is 2.66. The Kier molecular flexibility index (Phi) is 7.60. The van der Waals surface area contributed by atoms with Gasteiger partial charge in [-0.3, -0.25) is 9.32 Å². The first-order valence-electron chi connectivity index (χ1n) is 10.8. The minimum atomic E-state index is -3.91. The van der Waals surface area contributed by atoms with Crippen LogP contribution in [0.4, 0.5) is 5.95 Å². The molecule has 2 aromatic heterocycles. The number of nitrogens with zero attached hydrogens (tertiary/aromatic N) is 4. The summed E-state index contributed by atoms with van der Waals surface area (Å²) >= 11 is 3.37. The number of aromatic nitrogens is 4. The van der Waals surface area contributed by atoms with Gasteiger partial charge in [0.1, 0.15) is 11.8 Å². The van der Waals surface area contributed by atoms with Gasteiger partial charge in [-0.15, -0.1) is 0 Å². The number of fused-ring (bicyclic) bond motifs is 1. The Labute approximate surface area is 210 Å². The second-order valence-electron chi connectivity index (χ2n) is 8.10. The molecule has 1 fully saturated rings. The van der Waals surface area contributed by atoms with Crippen molar-refractivity contribution in [3.05, 3.63) is 35.1 Å². The number of nitrogens with two attached hydrogens (primary N) is 1. The Balaban J connectivity index is 1.43. The number of carbonyl (C=O) groups excluding carboxylic acids is 1. The van der Waals surface area contributed by atoms with E-state index in [0.717, 1.165) is 12.8 Å². The molecule has 0 bridgehead atoms. The molecular weight excluding hydrogens is 543 g/mol. The van der Waals surface area contributed by atoms with E-state index in [9.17, 15) is 9.36 Å². The number of ether oxygens (including phenoxy) is 2. The van der Waals surface area contributed by atoms with Crippen molar-refractivity contribution in [2.45, 2.75) is 31.8 Å². The van der Waals surface area contributed by atoms with Crippen molar-refractivity contribution in [3.8, 4) is 11.6 Å². The highest BCUT2D eigenvalue weighted by atomic mass is 79.9. The second-order valence-corrected chi connectivity index (χ2v) is 10.6. The first kappa shape index (κ1) is 25.4. The van der Waals surface area contributed by atoms with Gasteiger partial charge in [-0.2, -0.15) is 15.1 Å². The fourth-order valence-corrected chi connectivity index (χ4v) is 5.86. The zero-order valence-electron chi connectivity index (χ0n) is 19.4. The number of anilines is 1. The predicted molar refractivity (Wildman–Crippen MR) is 131 cm³/mol. The van der Waals surface area contributed by atoms with Crippen LogP contribution in [0.15, 0.2) is 35.1 Å². The predicted octanol–water partition coefficient (Wildman–Crippen LogP) is 3.49. The number of halogens is 1. The molecule has 0 saturated heterocycles. The van der Waals surface area contributed by atoms with E-state index in [1.165, 1.54) is 21.1 Å². The minimum absolute atomic E-state index is 0.102. The maximum absolute atomic E-state index is 13.6. The Morgan fingerprint density at radius 3 is 2.74 bits per heavy atom. The quantitative estimate of drug-likeness (QED) is 0.273. The highest BCUT2D eigenvalue weighted by Gasteiger charge is 2.37. The van der Waals surface area contributed by atoms with Crippen LogP contribution in [0, 0.1) is 5.92 Å². The summed E-state index contributed by atoms with van der Waals surface area (Å²) in [5.74, 6) is 0.262. The fraction of sp³-hybridized carbons (Fsp3) is 0.429. The summed E-state index contributed by atoms with van der Waals surface area (Å²) in [5.41, 5.74) is 6.93. The largest absolute Gasteiger partial charge is 0.479 e. The molecule has 0 spiro atoms. The van der Waals surface area contributed by atoms with Crippen LogP contribution in [0.1, 0.15) is 25.8 Å². The van der Waals surface area contributed by atoms with Gasteiger partial charge in [0.25, 0.3) is 0 Å². The van der Waals surface area contributed by atoms with E-state index in [-0.39, 0.29) is 24.5 Å². The number of nitrogens with one attached hydrogen (secondary N) is 1. The number of benzene rings is 1. The molecule has 188 valence electrons. The third-order valence-electron chi connectivity index (χ3n) is 5.65. The lowest BCUT2D eigenvalue weighted by Gasteiger charge is -2.36. The number of carbonyl (C=O) groups is 1. The van der Waals surface area contributed by atoms with Crippen molar-refractivity contribution in [1.82, 2.24) is 24.6 Å². The number of hydrogen-bond acceptors (Lipinski definition) is 10. The molecule has 0 aliphatic heterocycles. The number of hydrogen-bond donors (Lipinski definition) is 2. The molecule has 12 nitrogen and oxygen atoms in total. The average Bonchev–Trinajstić information content (AvgIpc) is 3.21. The van der Waals surface area contributed by atoms with Crippen molar-refractivity contribution >= 4 is 46.8 Å². The van der Waals surface area contributed by atoms with E-state index >= 15 is 0 Å². The fourth-order valence-electron chi connectivity index (χ4n) is 3.79. The Bertz CT molecular complexity index is 1270. The van der Waals surface area contributed by atoms with Crippen LogP contribution in [0.5, 0.6) is 11.6 Å². The molecule has 35 heavy (non-hydrogen) atoms. The van der Waals surface area contributed by atoms with Crippen LogP contribution >= 0.6 is 23.7 Å². The Hall–Kier alpha value is -2.73. The summed E-state index contributed by atoms with van der Waals surface area (Å²) in [6.45, 7) is 1.68. The Morgan fingerprint density at radius 2 is 2.06 bits per heavy atom. The second kappa shape index (κ2) is 10.5. The summed E-state index contributed by atoms with van der Waals surface area (Å²) in [7, 11) is -1.16. The van der Waals surface area contributed by atoms with E-state index in [1.807, 2.05) is 4.57 Å². The lowest BCUT2D eigenvalue weighted by Crippen LogP contribution is -2.36. The van der Waals surface area contributed by atoms with E-state index in [0.29, 0.717) is 27.3 Å². The van der Waals surface area contributed by atoms with Crippen molar-refractivity contribution in [1.29, 1.82) is 0 Å². The molecule has 1 aliphatic carbocycles. The third kappa shape index (κ3) is 5.58. The van der Waals surface area contributed by atoms with Gasteiger partial charge >= 0.3 is 13.7 Å². The van der Waals surface area contributed by atoms with Gasteiger partial charge in [-0.1, -0.05) is 12.1 Å². The molecule has 2 heterocycles. The number of esters is 1. The SMILES string of the molecule is COC(=O)[C@H](C)NP(=O)(OCC1CC(n2cnc3c(OC)nc(N)nc32)C1)Oc1ccccc1Br. The maximum atomic E-state index is 13.6. The summed E-state index contributed by atoms with van der Waals surface area (Å²) in [6.07, 6.45) is 3.15. The van der Waals surface area contributed by atoms with Crippen LogP contribution in [0.2, 0.25) is 0 Å². The van der Waals surface area contributed by atoms with Gasteiger partial charge in [0.05, 0.1) is 31.6 Å². The molecule has 1 saturated carbocycles. The number of para-hydroxylation sites is 1. The highest BCUT2D eigenvalue weighted by molar-refractivity contribution is 9.10. The topological polar surface area (TPSA) is 153 Å². The molecule has 0 radical (unpaired) electrons. The zero-order valence-corrected chi connectivity index (χ0v) is 21.9. The van der Waals surface area contributed by atoms with Gasteiger partial charge in [0.15, 0.2) is 11.2 Å². The molecule has 4 rings (SSSR count). The van der Waals surface area contributed by atoms with E-state index in [2.05, 4.69) is 36.0 Å². The highest BCUT2D eigenvalue weighted by Crippen LogP contribution is 2.49. The lowest BCUT2D eigenvalue weighted by atomic mass is 9.81. The van der Waals surface area contributed by atoms with E-state index in [4.69, 9.17) is 24.3 Å². The van der Waals surface area contributed by atoms with Gasteiger partial charge < -0.3 is 24.3 Å². The first-order valence-corrected chi connectivity index (χ1v) is 13.1. The van der Waals surface area contributed by atoms with Crippen molar-refractivity contribution in [2.24, 2.45) is 5.92 Å². The molecule has 3 aromatic rings. The molecule has 0 amide bonds. The average molecular weight is 569 g/mol. The van der Waals surface area contributed by atoms with Crippen LogP contribution < -0.4 is 20.1 Å². The number of imidazole rings is 1. The Morgan fingerprint density at radius 1 is 1.31 bits per heavy atom. The normalized spacial score (nSPS) is 20.0. The number of rotatable bonds is 10. The van der Waals surface area contributed by atoms with Crippen molar-refractivity contribution in [2.75, 3.05) is 26.6 Å². The lowest BCUT2D eigenvalue weighted by molar-refractivity contribution is -0.142. The van der Waals surface area contributed by atoms with Crippen LogP contribution in [-0.2, 0) is 18.6 Å². The zero-order chi connectivity index (χ0) is 25.2. The smallest absolute Gasteiger partial charge is 0.459 e. The maximum Gasteiger partial charge on any atom is 0.459 e. The van der Waals surface area contributed by atoms with Crippen LogP contribution in [0.25, 0.3) is 11.2 Å². The standard InChI is InChI=1S/C21H26BrN6O6P/c1-12(20(29)32-3)27-35(30,34-16-7-5-4-6-15(16)22)33-10-13-8-14(9-13)28-11-24-17-18(28)25-21(23)26-19(17)31-2/h4-7,11-14H,8-10H2,1-3H3,(H,27,30)(H2,23,25,26)/t12-,13?,14?,35?/m0/s1. The van der Waals surface area contributed by atoms with E-state index < -0.39 is 19.8 Å².